The summed E-state index contributed by atoms with van der Waals surface area (Å²) < 4.78 is 5.59. The van der Waals surface area contributed by atoms with E-state index in [0.29, 0.717) is 6.42 Å². The van der Waals surface area contributed by atoms with Crippen LogP contribution in [0.25, 0.3) is 0 Å². The largest absolute Gasteiger partial charge is 0.491 e. The summed E-state index contributed by atoms with van der Waals surface area (Å²) in [6.07, 6.45) is 1.91. The van der Waals surface area contributed by atoms with Crippen LogP contribution < -0.4 is 10.1 Å². The molecule has 1 N–H and O–H groups in total. The van der Waals surface area contributed by atoms with E-state index in [1.807, 2.05) is 38.1 Å². The highest BCUT2D eigenvalue weighted by molar-refractivity contribution is 5.96. The third kappa shape index (κ3) is 5.48. The predicted octanol–water partition coefficient (Wildman–Crippen LogP) is 2.34. The van der Waals surface area contributed by atoms with Gasteiger partial charge in [-0.25, -0.2) is 0 Å². The summed E-state index contributed by atoms with van der Waals surface area (Å²) in [5, 5.41) is 3.38. The van der Waals surface area contributed by atoms with Crippen molar-refractivity contribution in [3.05, 3.63) is 29.8 Å². The van der Waals surface area contributed by atoms with E-state index in [-0.39, 0.29) is 11.9 Å². The number of carbonyl (C=O) groups excluding carboxylic acids is 1. The van der Waals surface area contributed by atoms with Gasteiger partial charge in [0.15, 0.2) is 5.78 Å². The maximum Gasteiger partial charge on any atom is 0.164 e. The topological polar surface area (TPSA) is 41.6 Å². The Kier molecular flexibility index (Phi) is 6.21. The molecular formula is C17H26N2O2. The van der Waals surface area contributed by atoms with Gasteiger partial charge in [-0.15, -0.1) is 0 Å². The molecule has 0 aliphatic carbocycles. The second-order valence-electron chi connectivity index (χ2n) is 5.81. The van der Waals surface area contributed by atoms with Gasteiger partial charge >= 0.3 is 0 Å². The molecule has 1 saturated heterocycles. The molecule has 1 fully saturated rings. The van der Waals surface area contributed by atoms with Crippen LogP contribution in [0, 0.1) is 0 Å². The Morgan fingerprint density at radius 3 is 2.71 bits per heavy atom. The fraction of sp³-hybridized carbons (Fsp3) is 0.588. The molecule has 4 heteroatoms. The summed E-state index contributed by atoms with van der Waals surface area (Å²) in [6, 6.07) is 7.49. The van der Waals surface area contributed by atoms with Crippen LogP contribution in [-0.2, 0) is 0 Å². The zero-order valence-corrected chi connectivity index (χ0v) is 13.1. The van der Waals surface area contributed by atoms with E-state index < -0.39 is 0 Å². The lowest BCUT2D eigenvalue weighted by molar-refractivity contribution is 0.0965. The molecule has 0 bridgehead atoms. The zero-order chi connectivity index (χ0) is 15.1. The second-order valence-corrected chi connectivity index (χ2v) is 5.81. The van der Waals surface area contributed by atoms with Crippen molar-refractivity contribution < 1.29 is 9.53 Å². The lowest BCUT2D eigenvalue weighted by atomic mass is 10.1. The molecule has 21 heavy (non-hydrogen) atoms. The molecule has 1 aliphatic rings. The van der Waals surface area contributed by atoms with Gasteiger partial charge in [0.05, 0.1) is 6.10 Å². The molecule has 0 amide bonds. The molecule has 1 aromatic carbocycles. The second kappa shape index (κ2) is 8.15. The first-order valence-electron chi connectivity index (χ1n) is 7.88. The normalized spacial score (nSPS) is 16.7. The number of ketones is 1. The van der Waals surface area contributed by atoms with Gasteiger partial charge in [0.2, 0.25) is 0 Å². The van der Waals surface area contributed by atoms with Gasteiger partial charge in [-0.05, 0) is 57.6 Å². The van der Waals surface area contributed by atoms with Crippen LogP contribution in [0.15, 0.2) is 24.3 Å². The molecule has 0 spiro atoms. The van der Waals surface area contributed by atoms with E-state index in [2.05, 4.69) is 10.2 Å². The molecule has 1 aromatic rings. The third-order valence-corrected chi connectivity index (χ3v) is 3.64. The van der Waals surface area contributed by atoms with Crippen LogP contribution in [0.2, 0.25) is 0 Å². The van der Waals surface area contributed by atoms with Crippen LogP contribution in [0.3, 0.4) is 0 Å². The Balaban J connectivity index is 1.82. The summed E-state index contributed by atoms with van der Waals surface area (Å²) in [5.41, 5.74) is 0.777. The number of benzene rings is 1. The summed E-state index contributed by atoms with van der Waals surface area (Å²) in [5.74, 6) is 1.03. The van der Waals surface area contributed by atoms with Crippen molar-refractivity contribution in [1.82, 2.24) is 10.2 Å². The third-order valence-electron chi connectivity index (χ3n) is 3.64. The van der Waals surface area contributed by atoms with Crippen molar-refractivity contribution in [3.63, 3.8) is 0 Å². The average molecular weight is 290 g/mol. The van der Waals surface area contributed by atoms with Gasteiger partial charge in [0, 0.05) is 31.6 Å². The summed E-state index contributed by atoms with van der Waals surface area (Å²) in [4.78, 5) is 14.6. The molecule has 0 radical (unpaired) electrons. The van der Waals surface area contributed by atoms with Crippen molar-refractivity contribution in [2.24, 2.45) is 0 Å². The monoisotopic (exact) mass is 290 g/mol. The minimum absolute atomic E-state index is 0.156. The first kappa shape index (κ1) is 16.0. The highest BCUT2D eigenvalue weighted by Crippen LogP contribution is 2.15. The Bertz CT molecular complexity index is 435. The fourth-order valence-electron chi connectivity index (χ4n) is 2.52. The predicted molar refractivity (Wildman–Crippen MR) is 85.1 cm³/mol. The number of rotatable bonds is 6. The molecule has 0 saturated carbocycles. The maximum atomic E-state index is 12.2. The van der Waals surface area contributed by atoms with Crippen molar-refractivity contribution in [3.8, 4) is 5.75 Å². The first-order valence-corrected chi connectivity index (χ1v) is 7.88. The number of nitrogens with zero attached hydrogens (tertiary/aromatic N) is 1. The van der Waals surface area contributed by atoms with Gasteiger partial charge in [0.1, 0.15) is 5.75 Å². The van der Waals surface area contributed by atoms with Crippen molar-refractivity contribution in [2.45, 2.75) is 32.8 Å². The number of hydrogen-bond acceptors (Lipinski definition) is 4. The molecule has 0 unspecified atom stereocenters. The van der Waals surface area contributed by atoms with Crippen LogP contribution in [0.1, 0.15) is 37.0 Å². The van der Waals surface area contributed by atoms with Crippen molar-refractivity contribution in [2.75, 3.05) is 32.7 Å². The zero-order valence-electron chi connectivity index (χ0n) is 13.1. The summed E-state index contributed by atoms with van der Waals surface area (Å²) >= 11 is 0. The highest BCUT2D eigenvalue weighted by atomic mass is 16.5. The standard InChI is InChI=1S/C17H26N2O2/c1-14(2)21-16-6-4-15(5-7-16)17(20)8-12-19-11-3-9-18-10-13-19/h4-7,14,18H,3,8-13H2,1-2H3. The number of hydrogen-bond donors (Lipinski definition) is 1. The van der Waals surface area contributed by atoms with Crippen LogP contribution in [-0.4, -0.2) is 49.5 Å². The molecule has 1 heterocycles. The highest BCUT2D eigenvalue weighted by Gasteiger charge is 2.12. The Labute approximate surface area is 127 Å². The molecule has 4 nitrogen and oxygen atoms in total. The first-order chi connectivity index (χ1) is 10.1. The van der Waals surface area contributed by atoms with Gasteiger partial charge < -0.3 is 15.0 Å². The van der Waals surface area contributed by atoms with Crippen molar-refractivity contribution in [1.29, 1.82) is 0 Å². The summed E-state index contributed by atoms with van der Waals surface area (Å²) in [6.45, 7) is 9.07. The number of carbonyl (C=O) groups is 1. The quantitative estimate of drug-likeness (QED) is 0.817. The van der Waals surface area contributed by atoms with Gasteiger partial charge in [-0.2, -0.15) is 0 Å². The molecule has 0 aromatic heterocycles. The van der Waals surface area contributed by atoms with Crippen LogP contribution in [0.5, 0.6) is 5.75 Å². The maximum absolute atomic E-state index is 12.2. The van der Waals surface area contributed by atoms with E-state index in [1.165, 1.54) is 0 Å². The van der Waals surface area contributed by atoms with Gasteiger partial charge in [0.25, 0.3) is 0 Å². The van der Waals surface area contributed by atoms with Crippen LogP contribution >= 0.6 is 0 Å². The van der Waals surface area contributed by atoms with Gasteiger partial charge in [-0.1, -0.05) is 0 Å². The van der Waals surface area contributed by atoms with E-state index in [4.69, 9.17) is 4.74 Å². The lowest BCUT2D eigenvalue weighted by Gasteiger charge is -2.18. The van der Waals surface area contributed by atoms with E-state index in [9.17, 15) is 4.79 Å². The van der Waals surface area contributed by atoms with Crippen LogP contribution in [0.4, 0.5) is 0 Å². The molecule has 2 rings (SSSR count). The van der Waals surface area contributed by atoms with E-state index in [0.717, 1.165) is 50.5 Å². The number of Topliss-reactive ketones (excluding diaryl/α,β-unsaturated/α-hetero) is 1. The lowest BCUT2D eigenvalue weighted by Crippen LogP contribution is -2.30. The minimum atomic E-state index is 0.156. The fourth-order valence-corrected chi connectivity index (χ4v) is 2.52. The minimum Gasteiger partial charge on any atom is -0.491 e. The molecule has 116 valence electrons. The van der Waals surface area contributed by atoms with E-state index in [1.54, 1.807) is 0 Å². The molecule has 0 atom stereocenters. The summed E-state index contributed by atoms with van der Waals surface area (Å²) in [7, 11) is 0. The van der Waals surface area contributed by atoms with Gasteiger partial charge in [-0.3, -0.25) is 4.79 Å². The Hall–Kier alpha value is -1.39. The number of nitrogens with one attached hydrogen (secondary N) is 1. The molecular weight excluding hydrogens is 264 g/mol. The SMILES string of the molecule is CC(C)Oc1ccc(C(=O)CCN2CCCNCC2)cc1. The number of ether oxygens (including phenoxy) is 1. The average Bonchev–Trinajstić information content (AvgIpc) is 2.73. The Morgan fingerprint density at radius 2 is 2.00 bits per heavy atom. The smallest absolute Gasteiger partial charge is 0.164 e. The van der Waals surface area contributed by atoms with Crippen molar-refractivity contribution >= 4 is 5.78 Å². The molecule has 1 aliphatic heterocycles. The van der Waals surface area contributed by atoms with E-state index >= 15 is 0 Å². The Morgan fingerprint density at radius 1 is 1.24 bits per heavy atom.